The SMILES string of the molecule is O=C(/C=C/c1sc2ccccc2c1Cl)Nc1ccc(Cl)cc1. The molecule has 1 aromatic heterocycles. The molecule has 0 spiro atoms. The summed E-state index contributed by atoms with van der Waals surface area (Å²) < 4.78 is 1.10. The van der Waals surface area contributed by atoms with Gasteiger partial charge in [0, 0.05) is 31.7 Å². The van der Waals surface area contributed by atoms with E-state index in [2.05, 4.69) is 5.32 Å². The first-order chi connectivity index (χ1) is 10.6. The van der Waals surface area contributed by atoms with Crippen LogP contribution in [0.3, 0.4) is 0 Å². The van der Waals surface area contributed by atoms with Gasteiger partial charge in [-0.25, -0.2) is 0 Å². The third kappa shape index (κ3) is 3.33. The van der Waals surface area contributed by atoms with Crippen LogP contribution in [-0.2, 0) is 4.79 Å². The molecule has 1 amide bonds. The van der Waals surface area contributed by atoms with Crippen molar-refractivity contribution in [2.24, 2.45) is 0 Å². The van der Waals surface area contributed by atoms with Crippen molar-refractivity contribution in [1.29, 1.82) is 0 Å². The van der Waals surface area contributed by atoms with Crippen molar-refractivity contribution in [3.05, 3.63) is 69.5 Å². The second-order valence-electron chi connectivity index (χ2n) is 4.61. The minimum atomic E-state index is -0.212. The molecule has 0 unspecified atom stereocenters. The molecular weight excluding hydrogens is 337 g/mol. The van der Waals surface area contributed by atoms with Crippen LogP contribution in [0.2, 0.25) is 10.0 Å². The quantitative estimate of drug-likeness (QED) is 0.590. The zero-order valence-corrected chi connectivity index (χ0v) is 13.7. The summed E-state index contributed by atoms with van der Waals surface area (Å²) in [5, 5.41) is 5.08. The molecule has 0 aliphatic carbocycles. The molecule has 0 atom stereocenters. The molecule has 3 rings (SSSR count). The summed E-state index contributed by atoms with van der Waals surface area (Å²) in [7, 11) is 0. The Balaban J connectivity index is 1.76. The van der Waals surface area contributed by atoms with E-state index < -0.39 is 0 Å². The van der Waals surface area contributed by atoms with Gasteiger partial charge in [0.05, 0.1) is 5.02 Å². The fraction of sp³-hybridized carbons (Fsp3) is 0. The number of amides is 1. The van der Waals surface area contributed by atoms with Gasteiger partial charge in [0.2, 0.25) is 5.91 Å². The Kier molecular flexibility index (Phi) is 4.48. The zero-order chi connectivity index (χ0) is 15.5. The Morgan fingerprint density at radius 3 is 2.50 bits per heavy atom. The van der Waals surface area contributed by atoms with Gasteiger partial charge in [-0.15, -0.1) is 11.3 Å². The van der Waals surface area contributed by atoms with E-state index in [0.29, 0.717) is 15.7 Å². The predicted octanol–water partition coefficient (Wildman–Crippen LogP) is 5.86. The van der Waals surface area contributed by atoms with Gasteiger partial charge >= 0.3 is 0 Å². The Labute approximate surface area is 142 Å². The normalized spacial score (nSPS) is 11.2. The van der Waals surface area contributed by atoms with Gasteiger partial charge in [-0.05, 0) is 36.4 Å². The number of thiophene rings is 1. The topological polar surface area (TPSA) is 29.1 Å². The Bertz CT molecular complexity index is 853. The maximum Gasteiger partial charge on any atom is 0.248 e. The van der Waals surface area contributed by atoms with Crippen molar-refractivity contribution in [3.8, 4) is 0 Å². The third-order valence-corrected chi connectivity index (χ3v) is 4.96. The molecule has 0 radical (unpaired) electrons. The lowest BCUT2D eigenvalue weighted by Crippen LogP contribution is -2.07. The van der Waals surface area contributed by atoms with Gasteiger partial charge in [-0.3, -0.25) is 4.79 Å². The highest BCUT2D eigenvalue weighted by Gasteiger charge is 2.07. The molecular formula is C17H11Cl2NOS. The van der Waals surface area contributed by atoms with Gasteiger partial charge in [0.25, 0.3) is 0 Å². The molecule has 5 heteroatoms. The van der Waals surface area contributed by atoms with E-state index in [4.69, 9.17) is 23.2 Å². The van der Waals surface area contributed by atoms with E-state index in [-0.39, 0.29) is 5.91 Å². The Morgan fingerprint density at radius 1 is 1.05 bits per heavy atom. The Morgan fingerprint density at radius 2 is 1.77 bits per heavy atom. The number of fused-ring (bicyclic) bond motifs is 1. The number of hydrogen-bond donors (Lipinski definition) is 1. The average Bonchev–Trinajstić information content (AvgIpc) is 2.84. The molecule has 0 aliphatic heterocycles. The molecule has 0 fully saturated rings. The monoisotopic (exact) mass is 347 g/mol. The summed E-state index contributed by atoms with van der Waals surface area (Å²) in [5.74, 6) is -0.212. The Hall–Kier alpha value is -1.81. The molecule has 1 N–H and O–H groups in total. The van der Waals surface area contributed by atoms with E-state index >= 15 is 0 Å². The molecule has 22 heavy (non-hydrogen) atoms. The van der Waals surface area contributed by atoms with Gasteiger partial charge in [-0.2, -0.15) is 0 Å². The number of hydrogen-bond acceptors (Lipinski definition) is 2. The summed E-state index contributed by atoms with van der Waals surface area (Å²) in [4.78, 5) is 12.8. The molecule has 0 aliphatic rings. The highest BCUT2D eigenvalue weighted by molar-refractivity contribution is 7.20. The second-order valence-corrected chi connectivity index (χ2v) is 6.50. The first-order valence-corrected chi connectivity index (χ1v) is 8.12. The maximum absolute atomic E-state index is 11.9. The summed E-state index contributed by atoms with van der Waals surface area (Å²) in [6.07, 6.45) is 3.21. The van der Waals surface area contributed by atoms with E-state index in [1.807, 2.05) is 24.3 Å². The van der Waals surface area contributed by atoms with E-state index in [1.54, 1.807) is 41.7 Å². The van der Waals surface area contributed by atoms with E-state index in [0.717, 1.165) is 15.0 Å². The van der Waals surface area contributed by atoms with Crippen LogP contribution in [0.4, 0.5) is 5.69 Å². The minimum Gasteiger partial charge on any atom is -0.323 e. The highest BCUT2D eigenvalue weighted by Crippen LogP contribution is 2.35. The van der Waals surface area contributed by atoms with Crippen LogP contribution >= 0.6 is 34.5 Å². The van der Waals surface area contributed by atoms with Gasteiger partial charge in [0.15, 0.2) is 0 Å². The van der Waals surface area contributed by atoms with Crippen LogP contribution in [0, 0.1) is 0 Å². The lowest BCUT2D eigenvalue weighted by molar-refractivity contribution is -0.111. The highest BCUT2D eigenvalue weighted by atomic mass is 35.5. The van der Waals surface area contributed by atoms with Crippen LogP contribution in [0.5, 0.6) is 0 Å². The van der Waals surface area contributed by atoms with Crippen LogP contribution in [0.25, 0.3) is 16.2 Å². The summed E-state index contributed by atoms with van der Waals surface area (Å²) in [6.45, 7) is 0. The molecule has 2 aromatic carbocycles. The van der Waals surface area contributed by atoms with Gasteiger partial charge in [0.1, 0.15) is 0 Å². The van der Waals surface area contributed by atoms with E-state index in [1.165, 1.54) is 6.08 Å². The number of anilines is 1. The fourth-order valence-electron chi connectivity index (χ4n) is 2.01. The molecule has 1 heterocycles. The molecule has 2 nitrogen and oxygen atoms in total. The first-order valence-electron chi connectivity index (χ1n) is 6.55. The zero-order valence-electron chi connectivity index (χ0n) is 11.3. The largest absolute Gasteiger partial charge is 0.323 e. The van der Waals surface area contributed by atoms with Crippen LogP contribution in [-0.4, -0.2) is 5.91 Å². The van der Waals surface area contributed by atoms with Crippen LogP contribution < -0.4 is 5.32 Å². The van der Waals surface area contributed by atoms with Gasteiger partial charge < -0.3 is 5.32 Å². The number of carbonyl (C=O) groups excluding carboxylic acids is 1. The molecule has 0 bridgehead atoms. The van der Waals surface area contributed by atoms with Crippen LogP contribution in [0.1, 0.15) is 4.88 Å². The van der Waals surface area contributed by atoms with Gasteiger partial charge in [-0.1, -0.05) is 41.4 Å². The lowest BCUT2D eigenvalue weighted by Gasteiger charge is -2.01. The second kappa shape index (κ2) is 6.53. The molecule has 0 saturated heterocycles. The molecule has 110 valence electrons. The number of nitrogens with one attached hydrogen (secondary N) is 1. The lowest BCUT2D eigenvalue weighted by atomic mass is 10.2. The smallest absolute Gasteiger partial charge is 0.248 e. The summed E-state index contributed by atoms with van der Waals surface area (Å²) in [5.41, 5.74) is 0.696. The van der Waals surface area contributed by atoms with Crippen molar-refractivity contribution in [3.63, 3.8) is 0 Å². The van der Waals surface area contributed by atoms with Crippen molar-refractivity contribution < 1.29 is 4.79 Å². The predicted molar refractivity (Wildman–Crippen MR) is 96.0 cm³/mol. The number of carbonyl (C=O) groups is 1. The number of rotatable bonds is 3. The average molecular weight is 348 g/mol. The van der Waals surface area contributed by atoms with Crippen molar-refractivity contribution in [2.45, 2.75) is 0 Å². The minimum absolute atomic E-state index is 0.212. The summed E-state index contributed by atoms with van der Waals surface area (Å²) >= 11 is 13.7. The standard InChI is InChI=1S/C17H11Cl2NOS/c18-11-5-7-12(8-6-11)20-16(21)10-9-15-17(19)13-3-1-2-4-14(13)22-15/h1-10H,(H,20,21)/b10-9+. The van der Waals surface area contributed by atoms with Crippen molar-refractivity contribution in [2.75, 3.05) is 5.32 Å². The molecule has 3 aromatic rings. The van der Waals surface area contributed by atoms with Crippen molar-refractivity contribution in [1.82, 2.24) is 0 Å². The molecule has 0 saturated carbocycles. The summed E-state index contributed by atoms with van der Waals surface area (Å²) in [6, 6.07) is 14.8. The number of halogens is 2. The third-order valence-electron chi connectivity index (χ3n) is 3.06. The first kappa shape index (κ1) is 15.1. The fourth-order valence-corrected chi connectivity index (χ4v) is 3.53. The van der Waals surface area contributed by atoms with Crippen LogP contribution in [0.15, 0.2) is 54.6 Å². The van der Waals surface area contributed by atoms with E-state index in [9.17, 15) is 4.79 Å². The maximum atomic E-state index is 11.9. The van der Waals surface area contributed by atoms with Crippen molar-refractivity contribution >= 4 is 62.3 Å². The number of benzene rings is 2.